The number of aromatic nitrogens is 1. The topological polar surface area (TPSA) is 97.5 Å². The molecule has 4 rings (SSSR count). The van der Waals surface area contributed by atoms with E-state index < -0.39 is 6.23 Å². The SMILES string of the molecule is Cc1[nH]c(C=C2C(=O)Nc3ccccc32)c(C)c1C(O)NCCCN1CCCC1=O. The molecule has 1 fully saturated rings. The maximum Gasteiger partial charge on any atom is 0.256 e. The third-order valence-corrected chi connectivity index (χ3v) is 5.92. The number of anilines is 1. The zero-order valence-corrected chi connectivity index (χ0v) is 17.4. The first-order chi connectivity index (χ1) is 14.5. The molecule has 4 N–H and O–H groups in total. The van der Waals surface area contributed by atoms with E-state index in [-0.39, 0.29) is 11.8 Å². The Kier molecular flexibility index (Phi) is 5.74. The quantitative estimate of drug-likeness (QED) is 0.322. The predicted octanol–water partition coefficient (Wildman–Crippen LogP) is 2.72. The summed E-state index contributed by atoms with van der Waals surface area (Å²) in [5.74, 6) is 0.0996. The molecule has 1 atom stereocenters. The highest BCUT2D eigenvalue weighted by molar-refractivity contribution is 6.34. The number of fused-ring (bicyclic) bond motifs is 1. The van der Waals surface area contributed by atoms with Crippen molar-refractivity contribution in [1.29, 1.82) is 0 Å². The van der Waals surface area contributed by atoms with E-state index in [4.69, 9.17) is 0 Å². The van der Waals surface area contributed by atoms with Gasteiger partial charge in [0.05, 0.1) is 5.57 Å². The lowest BCUT2D eigenvalue weighted by Gasteiger charge is -2.17. The summed E-state index contributed by atoms with van der Waals surface area (Å²) >= 11 is 0. The zero-order chi connectivity index (χ0) is 21.3. The summed E-state index contributed by atoms with van der Waals surface area (Å²) in [7, 11) is 0. The van der Waals surface area contributed by atoms with Crippen molar-refractivity contribution in [2.75, 3.05) is 25.0 Å². The molecule has 1 saturated heterocycles. The smallest absolute Gasteiger partial charge is 0.256 e. The highest BCUT2D eigenvalue weighted by atomic mass is 16.3. The van der Waals surface area contributed by atoms with Crippen molar-refractivity contribution in [2.45, 2.75) is 39.3 Å². The number of hydrogen-bond acceptors (Lipinski definition) is 4. The van der Waals surface area contributed by atoms with E-state index in [1.54, 1.807) is 0 Å². The first kappa shape index (κ1) is 20.4. The van der Waals surface area contributed by atoms with Gasteiger partial charge < -0.3 is 20.3 Å². The van der Waals surface area contributed by atoms with Crippen molar-refractivity contribution in [2.24, 2.45) is 0 Å². The number of aliphatic hydroxyl groups is 1. The van der Waals surface area contributed by atoms with Crippen molar-refractivity contribution in [3.8, 4) is 0 Å². The van der Waals surface area contributed by atoms with Gasteiger partial charge in [-0.2, -0.15) is 0 Å². The van der Waals surface area contributed by atoms with Gasteiger partial charge in [0.1, 0.15) is 6.23 Å². The predicted molar refractivity (Wildman–Crippen MR) is 117 cm³/mol. The molecule has 0 radical (unpaired) electrons. The van der Waals surface area contributed by atoms with Gasteiger partial charge in [-0.1, -0.05) is 18.2 Å². The lowest BCUT2D eigenvalue weighted by Crippen LogP contribution is -2.30. The van der Waals surface area contributed by atoms with Crippen LogP contribution in [0.3, 0.4) is 0 Å². The molecule has 7 heteroatoms. The fourth-order valence-electron chi connectivity index (χ4n) is 4.32. The van der Waals surface area contributed by atoms with Gasteiger partial charge in [0, 0.05) is 47.7 Å². The van der Waals surface area contributed by atoms with Crippen LogP contribution in [-0.4, -0.2) is 46.4 Å². The summed E-state index contributed by atoms with van der Waals surface area (Å²) in [6.45, 7) is 6.03. The number of hydrogen-bond donors (Lipinski definition) is 4. The van der Waals surface area contributed by atoms with Crippen molar-refractivity contribution >= 4 is 29.2 Å². The largest absolute Gasteiger partial charge is 0.374 e. The second kappa shape index (κ2) is 8.45. The van der Waals surface area contributed by atoms with Crippen LogP contribution in [0.25, 0.3) is 11.6 Å². The minimum absolute atomic E-state index is 0.125. The van der Waals surface area contributed by atoms with Crippen molar-refractivity contribution in [3.63, 3.8) is 0 Å². The number of amides is 2. The number of aryl methyl sites for hydroxylation is 1. The molecular weight excluding hydrogens is 380 g/mol. The Morgan fingerprint density at radius 3 is 2.83 bits per heavy atom. The molecule has 0 bridgehead atoms. The minimum Gasteiger partial charge on any atom is -0.374 e. The first-order valence-corrected chi connectivity index (χ1v) is 10.5. The number of nitrogens with zero attached hydrogens (tertiary/aromatic N) is 1. The van der Waals surface area contributed by atoms with E-state index in [9.17, 15) is 14.7 Å². The molecule has 1 unspecified atom stereocenters. The number of nitrogens with one attached hydrogen (secondary N) is 3. The maximum atomic E-state index is 12.4. The standard InChI is InChI=1S/C23H28N4O3/c1-14-19(13-17-16-7-3-4-8-18(16)26-22(17)29)25-15(2)21(14)23(30)24-10-6-12-27-11-5-9-20(27)28/h3-4,7-8,13,23-25,30H,5-6,9-12H2,1-2H3,(H,26,29). The normalized spacial score (nSPS) is 18.2. The summed E-state index contributed by atoms with van der Waals surface area (Å²) in [6, 6.07) is 7.61. The molecular formula is C23H28N4O3. The lowest BCUT2D eigenvalue weighted by molar-refractivity contribution is -0.127. The Morgan fingerprint density at radius 1 is 1.27 bits per heavy atom. The third-order valence-electron chi connectivity index (χ3n) is 5.92. The van der Waals surface area contributed by atoms with Crippen LogP contribution in [0, 0.1) is 13.8 Å². The molecule has 0 saturated carbocycles. The summed E-state index contributed by atoms with van der Waals surface area (Å²) in [5, 5.41) is 16.7. The van der Waals surface area contributed by atoms with Crippen LogP contribution in [0.2, 0.25) is 0 Å². The number of carbonyl (C=O) groups excluding carboxylic acids is 2. The minimum atomic E-state index is -0.813. The van der Waals surface area contributed by atoms with Gasteiger partial charge in [-0.25, -0.2) is 0 Å². The molecule has 30 heavy (non-hydrogen) atoms. The second-order valence-corrected chi connectivity index (χ2v) is 7.95. The van der Waals surface area contributed by atoms with Crippen molar-refractivity contribution in [1.82, 2.24) is 15.2 Å². The number of H-pyrrole nitrogens is 1. The molecule has 2 amide bonds. The second-order valence-electron chi connectivity index (χ2n) is 7.95. The molecule has 2 aromatic rings. The number of carbonyl (C=O) groups is 2. The molecule has 158 valence electrons. The zero-order valence-electron chi connectivity index (χ0n) is 17.4. The molecule has 0 aliphatic carbocycles. The van der Waals surface area contributed by atoms with Gasteiger partial charge >= 0.3 is 0 Å². The van der Waals surface area contributed by atoms with Crippen LogP contribution >= 0.6 is 0 Å². The number of para-hydroxylation sites is 1. The van der Waals surface area contributed by atoms with Gasteiger partial charge in [0.2, 0.25) is 5.91 Å². The summed E-state index contributed by atoms with van der Waals surface area (Å²) < 4.78 is 0. The van der Waals surface area contributed by atoms with E-state index in [0.717, 1.165) is 59.7 Å². The fraction of sp³-hybridized carbons (Fsp3) is 0.391. The molecule has 0 spiro atoms. The molecule has 1 aromatic heterocycles. The maximum absolute atomic E-state index is 12.4. The molecule has 7 nitrogen and oxygen atoms in total. The average molecular weight is 409 g/mol. The Hall–Kier alpha value is -2.90. The van der Waals surface area contributed by atoms with Gasteiger partial charge in [0.15, 0.2) is 0 Å². The van der Waals surface area contributed by atoms with Crippen LogP contribution in [0.1, 0.15) is 53.6 Å². The number of likely N-dealkylation sites (tertiary alicyclic amines) is 1. The van der Waals surface area contributed by atoms with E-state index in [2.05, 4.69) is 15.6 Å². The lowest BCUT2D eigenvalue weighted by atomic mass is 10.0. The van der Waals surface area contributed by atoms with E-state index in [1.807, 2.05) is 49.1 Å². The number of aliphatic hydroxyl groups excluding tert-OH is 1. The van der Waals surface area contributed by atoms with E-state index >= 15 is 0 Å². The van der Waals surface area contributed by atoms with Crippen LogP contribution in [0.15, 0.2) is 24.3 Å². The van der Waals surface area contributed by atoms with E-state index in [1.165, 1.54) is 0 Å². The van der Waals surface area contributed by atoms with Crippen LogP contribution in [-0.2, 0) is 9.59 Å². The summed E-state index contributed by atoms with van der Waals surface area (Å²) in [6.07, 6.45) is 3.42. The molecule has 3 heterocycles. The fourth-order valence-corrected chi connectivity index (χ4v) is 4.32. The Labute approximate surface area is 176 Å². The van der Waals surface area contributed by atoms with Crippen LogP contribution in [0.5, 0.6) is 0 Å². The van der Waals surface area contributed by atoms with Gasteiger partial charge in [-0.05, 0) is 50.9 Å². The van der Waals surface area contributed by atoms with E-state index in [0.29, 0.717) is 18.5 Å². The number of rotatable bonds is 7. The summed E-state index contributed by atoms with van der Waals surface area (Å²) in [4.78, 5) is 29.3. The number of benzene rings is 1. The van der Waals surface area contributed by atoms with Gasteiger partial charge in [-0.3, -0.25) is 14.9 Å². The Morgan fingerprint density at radius 2 is 2.07 bits per heavy atom. The van der Waals surface area contributed by atoms with Gasteiger partial charge in [0.25, 0.3) is 5.91 Å². The van der Waals surface area contributed by atoms with Crippen molar-refractivity contribution < 1.29 is 14.7 Å². The van der Waals surface area contributed by atoms with Crippen LogP contribution in [0.4, 0.5) is 5.69 Å². The average Bonchev–Trinajstić information content (AvgIpc) is 3.35. The highest BCUT2D eigenvalue weighted by Gasteiger charge is 2.25. The number of aromatic amines is 1. The van der Waals surface area contributed by atoms with Gasteiger partial charge in [-0.15, -0.1) is 0 Å². The summed E-state index contributed by atoms with van der Waals surface area (Å²) in [5.41, 5.74) is 5.68. The first-order valence-electron chi connectivity index (χ1n) is 10.5. The molecule has 1 aromatic carbocycles. The Bertz CT molecular complexity index is 1010. The third kappa shape index (κ3) is 3.91. The molecule has 2 aliphatic rings. The molecule has 2 aliphatic heterocycles. The van der Waals surface area contributed by atoms with Crippen molar-refractivity contribution in [3.05, 3.63) is 52.3 Å². The van der Waals surface area contributed by atoms with Crippen LogP contribution < -0.4 is 10.6 Å². The Balaban J connectivity index is 1.44. The monoisotopic (exact) mass is 408 g/mol. The highest BCUT2D eigenvalue weighted by Crippen LogP contribution is 2.34.